The number of carbonyl (C=O) groups excluding carboxylic acids is 1. The van der Waals surface area contributed by atoms with E-state index in [1.54, 1.807) is 6.92 Å². The number of rotatable bonds is 3. The second-order valence-electron chi connectivity index (χ2n) is 11.7. The monoisotopic (exact) mass is 524 g/mol. The molecule has 2 saturated heterocycles. The lowest BCUT2D eigenvalue weighted by Gasteiger charge is -2.57. The Labute approximate surface area is 214 Å². The molecule has 11 heteroatoms. The van der Waals surface area contributed by atoms with Gasteiger partial charge in [-0.2, -0.15) is 0 Å². The Hall–Kier alpha value is -1.89. The molecule has 2 saturated carbocycles. The summed E-state index contributed by atoms with van der Waals surface area (Å²) < 4.78 is 36.2. The first-order chi connectivity index (χ1) is 17.5. The molecule has 4 heterocycles. The predicted octanol–water partition coefficient (Wildman–Crippen LogP) is 0.446. The Morgan fingerprint density at radius 1 is 1.08 bits per heavy atom. The molecule has 4 fully saturated rings. The minimum atomic E-state index is -1.56. The van der Waals surface area contributed by atoms with Gasteiger partial charge in [0.15, 0.2) is 18.2 Å². The molecule has 0 aromatic rings. The Kier molecular flexibility index (Phi) is 5.87. The number of carbonyl (C=O) groups is 1. The molecule has 2 aliphatic carbocycles. The maximum atomic E-state index is 12.4. The highest BCUT2D eigenvalue weighted by Crippen LogP contribution is 2.62. The van der Waals surface area contributed by atoms with Crippen molar-refractivity contribution in [3.63, 3.8) is 0 Å². The first-order valence-corrected chi connectivity index (χ1v) is 13.1. The number of hydrogen-bond donors (Lipinski definition) is 4. The molecule has 6 unspecified atom stereocenters. The van der Waals surface area contributed by atoms with Crippen molar-refractivity contribution in [2.24, 2.45) is 23.2 Å². The highest BCUT2D eigenvalue weighted by molar-refractivity contribution is 5.90. The van der Waals surface area contributed by atoms with E-state index in [4.69, 9.17) is 28.4 Å². The van der Waals surface area contributed by atoms with Crippen LogP contribution >= 0.6 is 0 Å². The van der Waals surface area contributed by atoms with E-state index in [1.165, 1.54) is 0 Å². The summed E-state index contributed by atoms with van der Waals surface area (Å²) in [5, 5.41) is 40.9. The molecule has 0 aromatic carbocycles. The molecule has 6 rings (SSSR count). The summed E-state index contributed by atoms with van der Waals surface area (Å²) in [7, 11) is 0. The van der Waals surface area contributed by atoms with Crippen LogP contribution in [0.2, 0.25) is 0 Å². The van der Waals surface area contributed by atoms with Crippen LogP contribution in [0.3, 0.4) is 0 Å². The van der Waals surface area contributed by atoms with E-state index in [0.717, 1.165) is 18.6 Å². The number of aliphatic hydroxyl groups is 4. The zero-order chi connectivity index (χ0) is 26.4. The molecular weight excluding hydrogens is 488 g/mol. The molecule has 4 aliphatic heterocycles. The largest absolute Gasteiger partial charge is 0.494 e. The number of ether oxygens (including phenoxy) is 6. The van der Waals surface area contributed by atoms with Crippen molar-refractivity contribution in [3.8, 4) is 0 Å². The number of hydrogen-bond acceptors (Lipinski definition) is 11. The lowest BCUT2D eigenvalue weighted by atomic mass is 9.54. The Bertz CT molecular complexity index is 1010. The topological polar surface area (TPSA) is 153 Å². The van der Waals surface area contributed by atoms with E-state index in [9.17, 15) is 25.2 Å². The molecule has 6 aliphatic rings. The standard InChI is InChI=1S/C26H36O11/c1-10-11(2)32-21-13(10)5-6-25(4)14(21)7-26(36-20-12(3)33-23(31)22(20)37-26)8-16(25)35-24-19(30)18(29)17(28)15(9-27)34-24/h10,12-19,21,24,27-30H,2,5-9H2,1,3-4H3/t10?,12?,13-,14?,15+,16?,17+,18-,19+,21?,24-,25+,26?/m1/s1. The number of aliphatic hydroxyl groups excluding tert-OH is 4. The fourth-order valence-electron chi connectivity index (χ4n) is 7.30. The molecule has 13 atom stereocenters. The van der Waals surface area contributed by atoms with Crippen LogP contribution < -0.4 is 0 Å². The third-order valence-electron chi connectivity index (χ3n) is 9.68. The van der Waals surface area contributed by atoms with E-state index in [-0.39, 0.29) is 36.0 Å². The minimum absolute atomic E-state index is 0.0696. The van der Waals surface area contributed by atoms with E-state index in [0.29, 0.717) is 12.2 Å². The third kappa shape index (κ3) is 3.65. The lowest BCUT2D eigenvalue weighted by molar-refractivity contribution is -0.344. The van der Waals surface area contributed by atoms with Gasteiger partial charge in [0.2, 0.25) is 0 Å². The molecule has 0 bridgehead atoms. The number of allylic oxidation sites excluding steroid dienone is 1. The fraction of sp³-hybridized carbons (Fsp3) is 0.808. The molecule has 206 valence electrons. The van der Waals surface area contributed by atoms with Crippen molar-refractivity contribution in [3.05, 3.63) is 23.9 Å². The SMILES string of the molecule is C=C1OC2C3CC4(CC(O[C@H]5O[C@@H](CO)[C@H](O)[C@@H](O)[C@@H]5O)[C@@]3(C)CC[C@@H]2C1C)OC1=C(O4)C(C)OC1=O. The maximum Gasteiger partial charge on any atom is 0.378 e. The van der Waals surface area contributed by atoms with Gasteiger partial charge in [-0.1, -0.05) is 20.4 Å². The van der Waals surface area contributed by atoms with Crippen LogP contribution in [0.25, 0.3) is 0 Å². The molecular formula is C26H36O11. The molecule has 0 radical (unpaired) electrons. The second-order valence-corrected chi connectivity index (χ2v) is 11.7. The van der Waals surface area contributed by atoms with Crippen LogP contribution in [0.15, 0.2) is 23.9 Å². The average molecular weight is 525 g/mol. The van der Waals surface area contributed by atoms with Gasteiger partial charge < -0.3 is 48.8 Å². The first-order valence-electron chi connectivity index (χ1n) is 13.1. The molecule has 4 N–H and O–H groups in total. The van der Waals surface area contributed by atoms with Gasteiger partial charge in [-0.15, -0.1) is 0 Å². The quantitative estimate of drug-likeness (QED) is 0.381. The number of fused-ring (bicyclic) bond motifs is 3. The highest BCUT2D eigenvalue weighted by atomic mass is 16.8. The zero-order valence-corrected chi connectivity index (χ0v) is 21.2. The Morgan fingerprint density at radius 2 is 1.84 bits per heavy atom. The number of esters is 1. The Morgan fingerprint density at radius 3 is 2.54 bits per heavy atom. The van der Waals surface area contributed by atoms with Gasteiger partial charge in [0.05, 0.1) is 24.9 Å². The van der Waals surface area contributed by atoms with E-state index < -0.39 is 66.7 Å². The van der Waals surface area contributed by atoms with Crippen LogP contribution in [-0.4, -0.2) is 87.8 Å². The maximum absolute atomic E-state index is 12.4. The molecule has 1 spiro atoms. The van der Waals surface area contributed by atoms with E-state index >= 15 is 0 Å². The summed E-state index contributed by atoms with van der Waals surface area (Å²) in [6.07, 6.45) is -5.98. The minimum Gasteiger partial charge on any atom is -0.494 e. The molecule has 11 nitrogen and oxygen atoms in total. The number of cyclic esters (lactones) is 1. The van der Waals surface area contributed by atoms with Crippen LogP contribution in [0.1, 0.15) is 46.5 Å². The first kappa shape index (κ1) is 25.4. The van der Waals surface area contributed by atoms with Crippen LogP contribution in [0, 0.1) is 23.2 Å². The van der Waals surface area contributed by atoms with Gasteiger partial charge in [-0.05, 0) is 19.8 Å². The summed E-state index contributed by atoms with van der Waals surface area (Å²) in [6, 6.07) is 0. The van der Waals surface area contributed by atoms with Crippen molar-refractivity contribution in [2.75, 3.05) is 6.61 Å². The third-order valence-corrected chi connectivity index (χ3v) is 9.68. The van der Waals surface area contributed by atoms with Gasteiger partial charge in [-0.3, -0.25) is 0 Å². The van der Waals surface area contributed by atoms with Crippen molar-refractivity contribution in [1.82, 2.24) is 0 Å². The summed E-state index contributed by atoms with van der Waals surface area (Å²) >= 11 is 0. The van der Waals surface area contributed by atoms with Gasteiger partial charge >= 0.3 is 5.97 Å². The van der Waals surface area contributed by atoms with Crippen molar-refractivity contribution >= 4 is 5.97 Å². The van der Waals surface area contributed by atoms with Gasteiger partial charge in [0.1, 0.15) is 30.5 Å². The lowest BCUT2D eigenvalue weighted by Crippen LogP contribution is -2.64. The highest BCUT2D eigenvalue weighted by Gasteiger charge is 2.66. The predicted molar refractivity (Wildman–Crippen MR) is 123 cm³/mol. The molecule has 0 amide bonds. The van der Waals surface area contributed by atoms with Crippen LogP contribution in [-0.2, 0) is 33.2 Å². The normalized spacial score (nSPS) is 52.7. The summed E-state index contributed by atoms with van der Waals surface area (Å²) in [5.41, 5.74) is -0.457. The van der Waals surface area contributed by atoms with E-state index in [2.05, 4.69) is 20.4 Å². The average Bonchev–Trinajstić information content (AvgIpc) is 3.46. The van der Waals surface area contributed by atoms with Crippen LogP contribution in [0.4, 0.5) is 0 Å². The molecule has 0 aromatic heterocycles. The van der Waals surface area contributed by atoms with Crippen molar-refractivity contribution in [2.45, 2.75) is 101 Å². The fourth-order valence-corrected chi connectivity index (χ4v) is 7.30. The van der Waals surface area contributed by atoms with Gasteiger partial charge in [-0.25, -0.2) is 4.79 Å². The van der Waals surface area contributed by atoms with Crippen LogP contribution in [0.5, 0.6) is 0 Å². The summed E-state index contributed by atoms with van der Waals surface area (Å²) in [6.45, 7) is 9.51. The Balaban J connectivity index is 1.33. The van der Waals surface area contributed by atoms with E-state index in [1.807, 2.05) is 0 Å². The smallest absolute Gasteiger partial charge is 0.378 e. The zero-order valence-electron chi connectivity index (χ0n) is 21.2. The van der Waals surface area contributed by atoms with Gasteiger partial charge in [0.25, 0.3) is 11.5 Å². The van der Waals surface area contributed by atoms with Crippen molar-refractivity contribution < 1.29 is 53.6 Å². The second kappa shape index (κ2) is 8.56. The van der Waals surface area contributed by atoms with Crippen molar-refractivity contribution in [1.29, 1.82) is 0 Å². The summed E-state index contributed by atoms with van der Waals surface area (Å²) in [5.74, 6) is -0.254. The van der Waals surface area contributed by atoms with Gasteiger partial charge in [0, 0.05) is 29.6 Å². The summed E-state index contributed by atoms with van der Waals surface area (Å²) in [4.78, 5) is 12.4. The molecule has 37 heavy (non-hydrogen) atoms.